The zero-order chi connectivity index (χ0) is 12.5. The van der Waals surface area contributed by atoms with E-state index in [1.54, 1.807) is 0 Å². The van der Waals surface area contributed by atoms with Gasteiger partial charge in [0.25, 0.3) is 5.91 Å². The van der Waals surface area contributed by atoms with Gasteiger partial charge in [0.15, 0.2) is 0 Å². The van der Waals surface area contributed by atoms with Gasteiger partial charge in [0, 0.05) is 32.3 Å². The Morgan fingerprint density at radius 2 is 2.22 bits per heavy atom. The lowest BCUT2D eigenvalue weighted by atomic mass is 10.0. The molecule has 2 aliphatic rings. The van der Waals surface area contributed by atoms with Gasteiger partial charge in [-0.1, -0.05) is 6.92 Å². The molecule has 0 spiro atoms. The summed E-state index contributed by atoms with van der Waals surface area (Å²) in [6, 6.07) is 0. The third kappa shape index (κ3) is 2.16. The lowest BCUT2D eigenvalue weighted by molar-refractivity contribution is 0.0677. The van der Waals surface area contributed by atoms with Crippen LogP contribution in [0.15, 0.2) is 6.20 Å². The van der Waals surface area contributed by atoms with Crippen LogP contribution in [0.4, 0.5) is 0 Å². The van der Waals surface area contributed by atoms with Crippen LogP contribution in [0.25, 0.3) is 0 Å². The molecule has 1 saturated heterocycles. The van der Waals surface area contributed by atoms with Crippen molar-refractivity contribution in [3.05, 3.63) is 17.7 Å². The Balaban J connectivity index is 1.77. The molecule has 3 rings (SSSR count). The van der Waals surface area contributed by atoms with E-state index < -0.39 is 0 Å². The van der Waals surface area contributed by atoms with Gasteiger partial charge in [-0.15, -0.1) is 0 Å². The molecule has 0 aromatic carbocycles. The van der Waals surface area contributed by atoms with E-state index in [9.17, 15) is 4.79 Å². The Kier molecular flexibility index (Phi) is 3.10. The van der Waals surface area contributed by atoms with Crippen molar-refractivity contribution < 1.29 is 4.79 Å². The van der Waals surface area contributed by atoms with E-state index in [-0.39, 0.29) is 5.91 Å². The Labute approximate surface area is 108 Å². The van der Waals surface area contributed by atoms with Gasteiger partial charge in [0.05, 0.1) is 0 Å². The van der Waals surface area contributed by atoms with Crippen molar-refractivity contribution in [2.24, 2.45) is 5.92 Å². The summed E-state index contributed by atoms with van der Waals surface area (Å²) >= 11 is 0. The smallest absolute Gasteiger partial charge is 0.274 e. The molecule has 98 valence electrons. The summed E-state index contributed by atoms with van der Waals surface area (Å²) in [4.78, 5) is 18.9. The van der Waals surface area contributed by atoms with Gasteiger partial charge in [0.2, 0.25) is 0 Å². The first kappa shape index (κ1) is 11.8. The Bertz CT molecular complexity index is 428. The largest absolute Gasteiger partial charge is 0.337 e. The molecule has 0 saturated carbocycles. The van der Waals surface area contributed by atoms with Crippen LogP contribution >= 0.6 is 0 Å². The first-order valence-electron chi connectivity index (χ1n) is 7.09. The van der Waals surface area contributed by atoms with Crippen LogP contribution < -0.4 is 0 Å². The molecule has 1 aromatic heterocycles. The number of rotatable bonds is 1. The van der Waals surface area contributed by atoms with Crippen LogP contribution in [0, 0.1) is 5.92 Å². The standard InChI is InChI=1S/C14H21N3O/c1-11-5-4-8-17(9-11)14(18)12-10-16-7-3-2-6-13(16)15-12/h10-11H,2-9H2,1H3. The number of carbonyl (C=O) groups excluding carboxylic acids is 1. The molecule has 3 heterocycles. The van der Waals surface area contributed by atoms with Crippen LogP contribution in [-0.4, -0.2) is 33.4 Å². The topological polar surface area (TPSA) is 38.1 Å². The fourth-order valence-corrected chi connectivity index (χ4v) is 3.05. The average molecular weight is 247 g/mol. The lowest BCUT2D eigenvalue weighted by Gasteiger charge is -2.30. The quantitative estimate of drug-likeness (QED) is 0.762. The molecule has 18 heavy (non-hydrogen) atoms. The van der Waals surface area contributed by atoms with E-state index in [2.05, 4.69) is 16.5 Å². The van der Waals surface area contributed by atoms with E-state index in [0.29, 0.717) is 11.6 Å². The highest BCUT2D eigenvalue weighted by Crippen LogP contribution is 2.19. The number of aryl methyl sites for hydroxylation is 2. The summed E-state index contributed by atoms with van der Waals surface area (Å²) in [7, 11) is 0. The van der Waals surface area contributed by atoms with E-state index >= 15 is 0 Å². The molecule has 1 atom stereocenters. The SMILES string of the molecule is CC1CCCN(C(=O)c2cn3c(n2)CCCC3)C1. The van der Waals surface area contributed by atoms with Crippen molar-refractivity contribution in [1.29, 1.82) is 0 Å². The monoisotopic (exact) mass is 247 g/mol. The Morgan fingerprint density at radius 3 is 3.00 bits per heavy atom. The molecule has 4 heteroatoms. The normalized spacial score (nSPS) is 23.8. The van der Waals surface area contributed by atoms with E-state index in [1.165, 1.54) is 19.3 Å². The van der Waals surface area contributed by atoms with Crippen molar-refractivity contribution in [3.8, 4) is 0 Å². The average Bonchev–Trinajstić information content (AvgIpc) is 2.81. The van der Waals surface area contributed by atoms with Crippen LogP contribution in [0.1, 0.15) is 48.9 Å². The second kappa shape index (κ2) is 4.75. The van der Waals surface area contributed by atoms with Gasteiger partial charge < -0.3 is 9.47 Å². The third-order valence-corrected chi connectivity index (χ3v) is 4.07. The van der Waals surface area contributed by atoms with Gasteiger partial charge in [-0.3, -0.25) is 4.79 Å². The van der Waals surface area contributed by atoms with Crippen molar-refractivity contribution in [3.63, 3.8) is 0 Å². The maximum atomic E-state index is 12.4. The fraction of sp³-hybridized carbons (Fsp3) is 0.714. The highest BCUT2D eigenvalue weighted by Gasteiger charge is 2.25. The number of piperidine rings is 1. The van der Waals surface area contributed by atoms with Crippen molar-refractivity contribution >= 4 is 5.91 Å². The molecule has 4 nitrogen and oxygen atoms in total. The van der Waals surface area contributed by atoms with Crippen molar-refractivity contribution in [2.75, 3.05) is 13.1 Å². The lowest BCUT2D eigenvalue weighted by Crippen LogP contribution is -2.39. The zero-order valence-electron chi connectivity index (χ0n) is 11.1. The minimum atomic E-state index is 0.128. The minimum Gasteiger partial charge on any atom is -0.337 e. The first-order valence-corrected chi connectivity index (χ1v) is 7.09. The molecule has 1 unspecified atom stereocenters. The summed E-state index contributed by atoms with van der Waals surface area (Å²) in [5.74, 6) is 1.85. The summed E-state index contributed by atoms with van der Waals surface area (Å²) in [6.07, 6.45) is 7.74. The highest BCUT2D eigenvalue weighted by molar-refractivity contribution is 5.92. The highest BCUT2D eigenvalue weighted by atomic mass is 16.2. The van der Waals surface area contributed by atoms with Crippen molar-refractivity contribution in [2.45, 2.75) is 45.6 Å². The van der Waals surface area contributed by atoms with Crippen molar-refractivity contribution in [1.82, 2.24) is 14.5 Å². The Morgan fingerprint density at radius 1 is 1.33 bits per heavy atom. The molecule has 0 aliphatic carbocycles. The molecular formula is C14H21N3O. The fourth-order valence-electron chi connectivity index (χ4n) is 3.05. The predicted molar refractivity (Wildman–Crippen MR) is 69.5 cm³/mol. The molecule has 0 bridgehead atoms. The number of amides is 1. The van der Waals surface area contributed by atoms with Crippen LogP contribution in [0.2, 0.25) is 0 Å². The number of hydrogen-bond donors (Lipinski definition) is 0. The molecule has 2 aliphatic heterocycles. The van der Waals surface area contributed by atoms with Crippen LogP contribution in [0.5, 0.6) is 0 Å². The number of imidazole rings is 1. The molecular weight excluding hydrogens is 226 g/mol. The van der Waals surface area contributed by atoms with Crippen LogP contribution in [0.3, 0.4) is 0 Å². The number of carbonyl (C=O) groups is 1. The maximum Gasteiger partial charge on any atom is 0.274 e. The van der Waals surface area contributed by atoms with Gasteiger partial charge in [-0.05, 0) is 31.6 Å². The van der Waals surface area contributed by atoms with Crippen LogP contribution in [-0.2, 0) is 13.0 Å². The second-order valence-electron chi connectivity index (χ2n) is 5.69. The molecule has 1 amide bonds. The summed E-state index contributed by atoms with van der Waals surface area (Å²) in [6.45, 7) is 5.02. The van der Waals surface area contributed by atoms with E-state index in [0.717, 1.165) is 38.3 Å². The summed E-state index contributed by atoms with van der Waals surface area (Å²) < 4.78 is 2.16. The minimum absolute atomic E-state index is 0.128. The number of aromatic nitrogens is 2. The van der Waals surface area contributed by atoms with Gasteiger partial charge >= 0.3 is 0 Å². The molecule has 0 radical (unpaired) electrons. The first-order chi connectivity index (χ1) is 8.74. The van der Waals surface area contributed by atoms with Gasteiger partial charge in [-0.25, -0.2) is 4.98 Å². The number of hydrogen-bond acceptors (Lipinski definition) is 2. The van der Waals surface area contributed by atoms with Gasteiger partial charge in [0.1, 0.15) is 11.5 Å². The molecule has 0 N–H and O–H groups in total. The maximum absolute atomic E-state index is 12.4. The number of fused-ring (bicyclic) bond motifs is 1. The Hall–Kier alpha value is -1.32. The van der Waals surface area contributed by atoms with E-state index in [4.69, 9.17) is 0 Å². The second-order valence-corrected chi connectivity index (χ2v) is 5.69. The molecule has 1 fully saturated rings. The van der Waals surface area contributed by atoms with E-state index in [1.807, 2.05) is 11.1 Å². The number of nitrogens with zero attached hydrogens (tertiary/aromatic N) is 3. The molecule has 1 aromatic rings. The third-order valence-electron chi connectivity index (χ3n) is 4.07. The summed E-state index contributed by atoms with van der Waals surface area (Å²) in [5, 5.41) is 0. The zero-order valence-corrected chi connectivity index (χ0v) is 11.1. The predicted octanol–water partition coefficient (Wildman–Crippen LogP) is 2.09. The number of likely N-dealkylation sites (tertiary alicyclic amines) is 1. The summed E-state index contributed by atoms with van der Waals surface area (Å²) in [5.41, 5.74) is 0.654. The van der Waals surface area contributed by atoms with Gasteiger partial charge in [-0.2, -0.15) is 0 Å².